The van der Waals surface area contributed by atoms with E-state index in [4.69, 9.17) is 9.47 Å². The summed E-state index contributed by atoms with van der Waals surface area (Å²) in [7, 11) is 3.18. The molecular formula is C25H27N3O4S. The van der Waals surface area contributed by atoms with Gasteiger partial charge in [0.2, 0.25) is 11.8 Å². The average molecular weight is 466 g/mol. The van der Waals surface area contributed by atoms with E-state index in [9.17, 15) is 9.59 Å². The predicted molar refractivity (Wildman–Crippen MR) is 128 cm³/mol. The molecule has 1 fully saturated rings. The number of nitrogens with zero attached hydrogens (tertiary/aromatic N) is 1. The Bertz CT molecular complexity index is 1110. The van der Waals surface area contributed by atoms with Crippen LogP contribution in [0.3, 0.4) is 0 Å². The minimum atomic E-state index is -0.621. The number of carbonyl (C=O) groups is 2. The van der Waals surface area contributed by atoms with Gasteiger partial charge in [0.15, 0.2) is 11.5 Å². The van der Waals surface area contributed by atoms with Gasteiger partial charge in [-0.1, -0.05) is 30.3 Å². The Morgan fingerprint density at radius 1 is 1.09 bits per heavy atom. The summed E-state index contributed by atoms with van der Waals surface area (Å²) in [5, 5.41) is 8.55. The number of amides is 2. The second-order valence-corrected chi connectivity index (χ2v) is 8.84. The van der Waals surface area contributed by atoms with Crippen molar-refractivity contribution >= 4 is 23.2 Å². The third kappa shape index (κ3) is 6.10. The zero-order valence-electron chi connectivity index (χ0n) is 18.7. The van der Waals surface area contributed by atoms with E-state index < -0.39 is 6.04 Å². The van der Waals surface area contributed by atoms with Crippen molar-refractivity contribution in [1.82, 2.24) is 15.6 Å². The highest BCUT2D eigenvalue weighted by atomic mass is 32.1. The molecule has 0 saturated heterocycles. The summed E-state index contributed by atoms with van der Waals surface area (Å²) >= 11 is 1.46. The van der Waals surface area contributed by atoms with Crippen LogP contribution < -0.4 is 20.1 Å². The van der Waals surface area contributed by atoms with Crippen molar-refractivity contribution in [3.63, 3.8) is 0 Å². The third-order valence-corrected chi connectivity index (χ3v) is 6.32. The van der Waals surface area contributed by atoms with Gasteiger partial charge < -0.3 is 20.1 Å². The molecule has 2 aromatic carbocycles. The van der Waals surface area contributed by atoms with Gasteiger partial charge in [0.05, 0.1) is 26.3 Å². The summed E-state index contributed by atoms with van der Waals surface area (Å²) in [5.41, 5.74) is 2.54. The SMILES string of the molecule is COc1ccc(-c2nc(CC(=O)NC(Cc3ccccc3)C(=O)NC3CC3)cs2)cc1OC. The maximum Gasteiger partial charge on any atom is 0.243 e. The molecule has 2 N–H and O–H groups in total. The van der Waals surface area contributed by atoms with Crippen molar-refractivity contribution in [2.75, 3.05) is 14.2 Å². The van der Waals surface area contributed by atoms with E-state index in [0.29, 0.717) is 23.6 Å². The Labute approximate surface area is 197 Å². The van der Waals surface area contributed by atoms with Gasteiger partial charge in [0.1, 0.15) is 11.0 Å². The number of hydrogen-bond donors (Lipinski definition) is 2. The third-order valence-electron chi connectivity index (χ3n) is 5.38. The standard InChI is InChI=1S/C25H27N3O4S/c1-31-21-11-8-17(13-22(21)32-2)25-27-19(15-33-25)14-23(29)28-20(24(30)26-18-9-10-18)12-16-6-4-3-5-7-16/h3-8,11,13,15,18,20H,9-10,12,14H2,1-2H3,(H,26,30)(H,28,29). The fourth-order valence-corrected chi connectivity index (χ4v) is 4.31. The molecule has 172 valence electrons. The van der Waals surface area contributed by atoms with Crippen molar-refractivity contribution in [2.45, 2.75) is 37.8 Å². The van der Waals surface area contributed by atoms with Crippen molar-refractivity contribution in [3.8, 4) is 22.1 Å². The number of benzene rings is 2. The molecule has 1 heterocycles. The normalized spacial score (nSPS) is 13.8. The number of thiazole rings is 1. The summed E-state index contributed by atoms with van der Waals surface area (Å²) < 4.78 is 10.7. The van der Waals surface area contributed by atoms with Crippen LogP contribution in [0.2, 0.25) is 0 Å². The minimum absolute atomic E-state index is 0.103. The molecule has 1 atom stereocenters. The molecule has 3 aromatic rings. The van der Waals surface area contributed by atoms with Crippen LogP contribution in [0, 0.1) is 0 Å². The lowest BCUT2D eigenvalue weighted by Crippen LogP contribution is -2.49. The first-order chi connectivity index (χ1) is 16.1. The molecule has 1 saturated carbocycles. The highest BCUT2D eigenvalue weighted by Gasteiger charge is 2.28. The minimum Gasteiger partial charge on any atom is -0.493 e. The number of aromatic nitrogens is 1. The van der Waals surface area contributed by atoms with E-state index in [2.05, 4.69) is 15.6 Å². The van der Waals surface area contributed by atoms with Gasteiger partial charge in [0.25, 0.3) is 0 Å². The molecule has 0 bridgehead atoms. The summed E-state index contributed by atoms with van der Waals surface area (Å²) in [6.45, 7) is 0. The maximum absolute atomic E-state index is 12.8. The molecule has 2 amide bonds. The molecule has 1 aromatic heterocycles. The Kier molecular flexibility index (Phi) is 7.24. The van der Waals surface area contributed by atoms with Gasteiger partial charge in [-0.15, -0.1) is 11.3 Å². The van der Waals surface area contributed by atoms with E-state index in [1.54, 1.807) is 14.2 Å². The highest BCUT2D eigenvalue weighted by Crippen LogP contribution is 2.33. The van der Waals surface area contributed by atoms with Crippen molar-refractivity contribution in [1.29, 1.82) is 0 Å². The largest absolute Gasteiger partial charge is 0.493 e. The highest BCUT2D eigenvalue weighted by molar-refractivity contribution is 7.13. The topological polar surface area (TPSA) is 89.5 Å². The quantitative estimate of drug-likeness (QED) is 0.479. The lowest BCUT2D eigenvalue weighted by molar-refractivity contribution is -0.128. The molecule has 1 aliphatic carbocycles. The van der Waals surface area contributed by atoms with E-state index in [1.165, 1.54) is 11.3 Å². The van der Waals surface area contributed by atoms with Crippen molar-refractivity contribution in [3.05, 3.63) is 65.2 Å². The number of carbonyl (C=O) groups excluding carboxylic acids is 2. The van der Waals surface area contributed by atoms with Gasteiger partial charge in [-0.2, -0.15) is 0 Å². The van der Waals surface area contributed by atoms with Crippen molar-refractivity contribution in [2.24, 2.45) is 0 Å². The van der Waals surface area contributed by atoms with Crippen LogP contribution in [0.4, 0.5) is 0 Å². The summed E-state index contributed by atoms with van der Waals surface area (Å²) in [4.78, 5) is 30.1. The molecule has 0 spiro atoms. The lowest BCUT2D eigenvalue weighted by atomic mass is 10.0. The summed E-state index contributed by atoms with van der Waals surface area (Å²) in [6.07, 6.45) is 2.54. The maximum atomic E-state index is 12.8. The van der Waals surface area contributed by atoms with E-state index in [-0.39, 0.29) is 24.3 Å². The zero-order valence-corrected chi connectivity index (χ0v) is 19.5. The number of rotatable bonds is 10. The Hall–Kier alpha value is -3.39. The number of ether oxygens (including phenoxy) is 2. The first-order valence-electron chi connectivity index (χ1n) is 10.9. The van der Waals surface area contributed by atoms with Crippen LogP contribution in [0.5, 0.6) is 11.5 Å². The Balaban J connectivity index is 1.42. The number of hydrogen-bond acceptors (Lipinski definition) is 6. The van der Waals surface area contributed by atoms with Crippen LogP contribution in [-0.2, 0) is 22.4 Å². The monoisotopic (exact) mass is 465 g/mol. The smallest absolute Gasteiger partial charge is 0.243 e. The van der Waals surface area contributed by atoms with Crippen LogP contribution in [-0.4, -0.2) is 43.1 Å². The van der Waals surface area contributed by atoms with Gasteiger partial charge in [-0.3, -0.25) is 9.59 Å². The first kappa shape index (κ1) is 22.8. The van der Waals surface area contributed by atoms with Gasteiger partial charge >= 0.3 is 0 Å². The van der Waals surface area contributed by atoms with Gasteiger partial charge in [-0.25, -0.2) is 4.98 Å². The fraction of sp³-hybridized carbons (Fsp3) is 0.320. The number of nitrogens with one attached hydrogen (secondary N) is 2. The molecule has 1 unspecified atom stereocenters. The molecule has 4 rings (SSSR count). The number of methoxy groups -OCH3 is 2. The first-order valence-corrected chi connectivity index (χ1v) is 11.7. The molecule has 0 radical (unpaired) electrons. The lowest BCUT2D eigenvalue weighted by Gasteiger charge is -2.18. The van der Waals surface area contributed by atoms with E-state index >= 15 is 0 Å². The Morgan fingerprint density at radius 2 is 1.85 bits per heavy atom. The molecule has 8 heteroatoms. The van der Waals surface area contributed by atoms with Gasteiger partial charge in [0, 0.05) is 23.4 Å². The summed E-state index contributed by atoms with van der Waals surface area (Å²) in [5.74, 6) is 0.895. The van der Waals surface area contributed by atoms with Crippen LogP contribution in [0.15, 0.2) is 53.9 Å². The average Bonchev–Trinajstić information content (AvgIpc) is 3.53. The second kappa shape index (κ2) is 10.5. The Morgan fingerprint density at radius 3 is 2.55 bits per heavy atom. The molecule has 7 nitrogen and oxygen atoms in total. The van der Waals surface area contributed by atoms with Crippen LogP contribution in [0.1, 0.15) is 24.1 Å². The van der Waals surface area contributed by atoms with E-state index in [1.807, 2.05) is 53.9 Å². The van der Waals surface area contributed by atoms with Gasteiger partial charge in [-0.05, 0) is 36.6 Å². The second-order valence-electron chi connectivity index (χ2n) is 7.98. The summed E-state index contributed by atoms with van der Waals surface area (Å²) in [6, 6.07) is 14.9. The van der Waals surface area contributed by atoms with E-state index in [0.717, 1.165) is 29.0 Å². The zero-order chi connectivity index (χ0) is 23.2. The fourth-order valence-electron chi connectivity index (χ4n) is 3.49. The molecule has 33 heavy (non-hydrogen) atoms. The molecular weight excluding hydrogens is 438 g/mol. The predicted octanol–water partition coefficient (Wildman–Crippen LogP) is 3.38. The van der Waals surface area contributed by atoms with Crippen LogP contribution >= 0.6 is 11.3 Å². The van der Waals surface area contributed by atoms with Crippen molar-refractivity contribution < 1.29 is 19.1 Å². The molecule has 0 aliphatic heterocycles. The molecule has 1 aliphatic rings. The van der Waals surface area contributed by atoms with Crippen LogP contribution in [0.25, 0.3) is 10.6 Å².